The highest BCUT2D eigenvalue weighted by Crippen LogP contribution is 2.30. The monoisotopic (exact) mass is 354 g/mol. The van der Waals surface area contributed by atoms with Crippen LogP contribution in [0.15, 0.2) is 30.3 Å². The van der Waals surface area contributed by atoms with Crippen molar-refractivity contribution >= 4 is 34.5 Å². The first kappa shape index (κ1) is 16.3. The molecule has 5 heteroatoms. The number of nitrogens with one attached hydrogen (secondary N) is 1. The minimum Gasteiger partial charge on any atom is -0.321 e. The fraction of sp³-hybridized carbons (Fsp3) is 0.400. The molecule has 1 fully saturated rings. The lowest BCUT2D eigenvalue weighted by molar-refractivity contribution is -0.117. The largest absolute Gasteiger partial charge is 0.321 e. The predicted octanol–water partition coefficient (Wildman–Crippen LogP) is 4.40. The SMILES string of the molecule is O=C(Nc1ccc(N2CCCC2=O)cc1)c1cc2c(s1)CCCCC2. The molecule has 0 atom stereocenters. The lowest BCUT2D eigenvalue weighted by Gasteiger charge is -2.16. The zero-order valence-electron chi connectivity index (χ0n) is 14.2. The van der Waals surface area contributed by atoms with Crippen molar-refractivity contribution in [1.29, 1.82) is 0 Å². The number of aryl methyl sites for hydroxylation is 2. The molecule has 2 heterocycles. The van der Waals surface area contributed by atoms with Crippen LogP contribution in [0, 0.1) is 0 Å². The molecule has 1 aliphatic carbocycles. The number of hydrogen-bond acceptors (Lipinski definition) is 3. The number of anilines is 2. The first-order chi connectivity index (χ1) is 12.2. The van der Waals surface area contributed by atoms with Crippen molar-refractivity contribution in [2.45, 2.75) is 44.9 Å². The van der Waals surface area contributed by atoms with Crippen molar-refractivity contribution in [1.82, 2.24) is 0 Å². The van der Waals surface area contributed by atoms with Gasteiger partial charge in [-0.2, -0.15) is 0 Å². The van der Waals surface area contributed by atoms with Crippen LogP contribution in [0.25, 0.3) is 0 Å². The van der Waals surface area contributed by atoms with Crippen LogP contribution >= 0.6 is 11.3 Å². The van der Waals surface area contributed by atoms with Gasteiger partial charge < -0.3 is 10.2 Å². The lowest BCUT2D eigenvalue weighted by Crippen LogP contribution is -2.23. The van der Waals surface area contributed by atoms with Crippen molar-refractivity contribution in [2.75, 3.05) is 16.8 Å². The second-order valence-electron chi connectivity index (χ2n) is 6.77. The van der Waals surface area contributed by atoms with E-state index < -0.39 is 0 Å². The molecule has 130 valence electrons. The van der Waals surface area contributed by atoms with Crippen LogP contribution in [-0.2, 0) is 17.6 Å². The summed E-state index contributed by atoms with van der Waals surface area (Å²) in [5.74, 6) is 0.139. The summed E-state index contributed by atoms with van der Waals surface area (Å²) in [6, 6.07) is 9.62. The van der Waals surface area contributed by atoms with E-state index in [-0.39, 0.29) is 11.8 Å². The molecule has 25 heavy (non-hydrogen) atoms. The fourth-order valence-corrected chi connectivity index (χ4v) is 4.77. The van der Waals surface area contributed by atoms with Crippen molar-refractivity contribution in [3.63, 3.8) is 0 Å². The van der Waals surface area contributed by atoms with E-state index >= 15 is 0 Å². The number of rotatable bonds is 3. The molecule has 1 N–H and O–H groups in total. The highest BCUT2D eigenvalue weighted by Gasteiger charge is 2.21. The average Bonchev–Trinajstić information content (AvgIpc) is 3.16. The van der Waals surface area contributed by atoms with Gasteiger partial charge in [0.05, 0.1) is 4.88 Å². The Morgan fingerprint density at radius 2 is 1.80 bits per heavy atom. The van der Waals surface area contributed by atoms with E-state index in [0.717, 1.165) is 42.1 Å². The summed E-state index contributed by atoms with van der Waals surface area (Å²) >= 11 is 1.63. The Morgan fingerprint density at radius 1 is 1.00 bits per heavy atom. The Kier molecular flexibility index (Phi) is 4.57. The number of hydrogen-bond donors (Lipinski definition) is 1. The number of nitrogens with zero attached hydrogens (tertiary/aromatic N) is 1. The summed E-state index contributed by atoms with van der Waals surface area (Å²) in [6.45, 7) is 0.783. The van der Waals surface area contributed by atoms with E-state index in [1.165, 1.54) is 29.7 Å². The van der Waals surface area contributed by atoms with E-state index in [1.54, 1.807) is 11.3 Å². The Bertz CT molecular complexity index is 771. The van der Waals surface area contributed by atoms with Crippen molar-refractivity contribution in [3.8, 4) is 0 Å². The minimum atomic E-state index is -0.0388. The molecule has 0 saturated carbocycles. The molecule has 4 rings (SSSR count). The van der Waals surface area contributed by atoms with Gasteiger partial charge in [0.2, 0.25) is 5.91 Å². The van der Waals surface area contributed by atoms with E-state index in [4.69, 9.17) is 0 Å². The normalized spacial score (nSPS) is 17.3. The molecular formula is C20H22N2O2S. The van der Waals surface area contributed by atoms with Gasteiger partial charge in [-0.25, -0.2) is 0 Å². The van der Waals surface area contributed by atoms with E-state index in [2.05, 4.69) is 11.4 Å². The molecule has 1 aromatic carbocycles. The number of carbonyl (C=O) groups excluding carboxylic acids is 2. The highest BCUT2D eigenvalue weighted by molar-refractivity contribution is 7.14. The summed E-state index contributed by atoms with van der Waals surface area (Å²) in [5.41, 5.74) is 3.03. The van der Waals surface area contributed by atoms with Crippen molar-refractivity contribution in [3.05, 3.63) is 45.6 Å². The molecule has 2 amide bonds. The summed E-state index contributed by atoms with van der Waals surface area (Å²) < 4.78 is 0. The second-order valence-corrected chi connectivity index (χ2v) is 7.91. The third kappa shape index (κ3) is 3.47. The molecular weight excluding hydrogens is 332 g/mol. The van der Waals surface area contributed by atoms with Gasteiger partial charge in [0.15, 0.2) is 0 Å². The Balaban J connectivity index is 1.45. The van der Waals surface area contributed by atoms with Crippen LogP contribution in [0.4, 0.5) is 11.4 Å². The molecule has 0 bridgehead atoms. The Hall–Kier alpha value is -2.14. The summed E-state index contributed by atoms with van der Waals surface area (Å²) in [4.78, 5) is 28.3. The van der Waals surface area contributed by atoms with Gasteiger partial charge in [-0.15, -0.1) is 11.3 Å². The summed E-state index contributed by atoms with van der Waals surface area (Å²) in [6.07, 6.45) is 7.48. The molecule has 1 aromatic heterocycles. The zero-order chi connectivity index (χ0) is 17.2. The Labute approximate surface area is 151 Å². The van der Waals surface area contributed by atoms with Crippen LogP contribution in [-0.4, -0.2) is 18.4 Å². The summed E-state index contributed by atoms with van der Waals surface area (Å²) in [5, 5.41) is 2.98. The van der Waals surface area contributed by atoms with Crippen LogP contribution in [0.2, 0.25) is 0 Å². The first-order valence-electron chi connectivity index (χ1n) is 9.04. The molecule has 2 aliphatic rings. The van der Waals surface area contributed by atoms with Crippen LogP contribution in [0.3, 0.4) is 0 Å². The molecule has 2 aromatic rings. The zero-order valence-corrected chi connectivity index (χ0v) is 15.0. The van der Waals surface area contributed by atoms with Gasteiger partial charge in [0.25, 0.3) is 5.91 Å². The van der Waals surface area contributed by atoms with Crippen LogP contribution in [0.5, 0.6) is 0 Å². The van der Waals surface area contributed by atoms with Gasteiger partial charge in [-0.05, 0) is 68.0 Å². The van der Waals surface area contributed by atoms with E-state index in [1.807, 2.05) is 29.2 Å². The molecule has 0 spiro atoms. The highest BCUT2D eigenvalue weighted by atomic mass is 32.1. The predicted molar refractivity (Wildman–Crippen MR) is 102 cm³/mol. The number of carbonyl (C=O) groups is 2. The molecule has 0 radical (unpaired) electrons. The van der Waals surface area contributed by atoms with Gasteiger partial charge in [0, 0.05) is 29.2 Å². The third-order valence-electron chi connectivity index (χ3n) is 4.98. The van der Waals surface area contributed by atoms with Gasteiger partial charge in [0.1, 0.15) is 0 Å². The van der Waals surface area contributed by atoms with Crippen molar-refractivity contribution in [2.24, 2.45) is 0 Å². The van der Waals surface area contributed by atoms with Crippen molar-refractivity contribution < 1.29 is 9.59 Å². The van der Waals surface area contributed by atoms with E-state index in [9.17, 15) is 9.59 Å². The number of amides is 2. The topological polar surface area (TPSA) is 49.4 Å². The fourth-order valence-electron chi connectivity index (χ4n) is 3.62. The minimum absolute atomic E-state index is 0.0388. The Morgan fingerprint density at radius 3 is 2.56 bits per heavy atom. The maximum Gasteiger partial charge on any atom is 0.265 e. The van der Waals surface area contributed by atoms with Gasteiger partial charge in [-0.1, -0.05) is 6.42 Å². The molecule has 0 unspecified atom stereocenters. The first-order valence-corrected chi connectivity index (χ1v) is 9.86. The number of thiophene rings is 1. The average molecular weight is 354 g/mol. The lowest BCUT2D eigenvalue weighted by atomic mass is 10.1. The maximum atomic E-state index is 12.5. The summed E-state index contributed by atoms with van der Waals surface area (Å²) in [7, 11) is 0. The quantitative estimate of drug-likeness (QED) is 0.831. The van der Waals surface area contributed by atoms with Crippen LogP contribution < -0.4 is 10.2 Å². The maximum absolute atomic E-state index is 12.5. The van der Waals surface area contributed by atoms with Gasteiger partial charge >= 0.3 is 0 Å². The number of benzene rings is 1. The molecule has 1 aliphatic heterocycles. The molecule has 4 nitrogen and oxygen atoms in total. The van der Waals surface area contributed by atoms with E-state index in [0.29, 0.717) is 6.42 Å². The third-order valence-corrected chi connectivity index (χ3v) is 6.22. The second kappa shape index (κ2) is 7.00. The standard InChI is InChI=1S/C20H22N2O2S/c23-19-7-4-12-22(19)16-10-8-15(9-11-16)21-20(24)18-13-14-5-2-1-3-6-17(14)25-18/h8-11,13H,1-7,12H2,(H,21,24). The van der Waals surface area contributed by atoms with Crippen LogP contribution in [0.1, 0.15) is 52.2 Å². The smallest absolute Gasteiger partial charge is 0.265 e. The number of fused-ring (bicyclic) bond motifs is 1. The molecule has 1 saturated heterocycles. The van der Waals surface area contributed by atoms with Gasteiger partial charge in [-0.3, -0.25) is 9.59 Å².